The van der Waals surface area contributed by atoms with Crippen LogP contribution in [0.2, 0.25) is 0 Å². The fourth-order valence-corrected chi connectivity index (χ4v) is 3.70. The standard InChI is InChI=1S/C23H31N3O4/c1-16-4-7-19(8-5-16)20(25-18(3)27)14-23(28)24-15-21(22-9-6-17(2)30-22)26-10-12-29-13-11-26/h4-9,20-21H,10-15H2,1-3H3,(H,24,28)(H,25,27). The Labute approximate surface area is 177 Å². The number of amides is 2. The van der Waals surface area contributed by atoms with E-state index < -0.39 is 0 Å². The van der Waals surface area contributed by atoms with Gasteiger partial charge in [0.2, 0.25) is 11.8 Å². The molecule has 2 unspecified atom stereocenters. The quantitative estimate of drug-likeness (QED) is 0.695. The van der Waals surface area contributed by atoms with E-state index >= 15 is 0 Å². The molecule has 2 aromatic rings. The minimum atomic E-state index is -0.365. The molecule has 3 rings (SSSR count). The summed E-state index contributed by atoms with van der Waals surface area (Å²) in [6.45, 7) is 8.74. The zero-order valence-corrected chi connectivity index (χ0v) is 17.9. The van der Waals surface area contributed by atoms with E-state index in [0.717, 1.165) is 35.7 Å². The average Bonchev–Trinajstić information content (AvgIpc) is 3.15. The summed E-state index contributed by atoms with van der Waals surface area (Å²) >= 11 is 0. The van der Waals surface area contributed by atoms with E-state index in [1.54, 1.807) is 0 Å². The van der Waals surface area contributed by atoms with E-state index in [1.807, 2.05) is 50.2 Å². The fraction of sp³-hybridized carbons (Fsp3) is 0.478. The van der Waals surface area contributed by atoms with Gasteiger partial charge in [0.05, 0.1) is 31.7 Å². The van der Waals surface area contributed by atoms with Gasteiger partial charge in [0, 0.05) is 26.6 Å². The van der Waals surface area contributed by atoms with Crippen molar-refractivity contribution in [3.05, 3.63) is 59.0 Å². The first-order chi connectivity index (χ1) is 14.4. The normalized spacial score (nSPS) is 16.6. The Kier molecular flexibility index (Phi) is 7.65. The van der Waals surface area contributed by atoms with Crippen LogP contribution in [-0.2, 0) is 14.3 Å². The van der Waals surface area contributed by atoms with E-state index in [2.05, 4.69) is 15.5 Å². The number of hydrogen-bond donors (Lipinski definition) is 2. The summed E-state index contributed by atoms with van der Waals surface area (Å²) < 4.78 is 11.3. The Morgan fingerprint density at radius 2 is 1.77 bits per heavy atom. The summed E-state index contributed by atoms with van der Waals surface area (Å²) in [5, 5.41) is 5.93. The molecule has 1 fully saturated rings. The van der Waals surface area contributed by atoms with Gasteiger partial charge in [0.15, 0.2) is 0 Å². The molecule has 162 valence electrons. The lowest BCUT2D eigenvalue weighted by atomic mass is 10.0. The number of ether oxygens (including phenoxy) is 1. The van der Waals surface area contributed by atoms with Crippen LogP contribution in [0.5, 0.6) is 0 Å². The molecule has 1 aliphatic rings. The Bertz CT molecular complexity index is 840. The lowest BCUT2D eigenvalue weighted by molar-refractivity contribution is -0.123. The molecule has 7 nitrogen and oxygen atoms in total. The minimum Gasteiger partial charge on any atom is -0.465 e. The first-order valence-corrected chi connectivity index (χ1v) is 10.4. The van der Waals surface area contributed by atoms with Gasteiger partial charge in [-0.3, -0.25) is 14.5 Å². The molecule has 2 N–H and O–H groups in total. The average molecular weight is 414 g/mol. The number of benzene rings is 1. The summed E-state index contributed by atoms with van der Waals surface area (Å²) in [7, 11) is 0. The Morgan fingerprint density at radius 3 is 2.37 bits per heavy atom. The molecular weight excluding hydrogens is 382 g/mol. The molecule has 1 saturated heterocycles. The number of nitrogens with one attached hydrogen (secondary N) is 2. The first-order valence-electron chi connectivity index (χ1n) is 10.4. The number of morpholine rings is 1. The monoisotopic (exact) mass is 413 g/mol. The van der Waals surface area contributed by atoms with Gasteiger partial charge in [-0.25, -0.2) is 0 Å². The van der Waals surface area contributed by atoms with Gasteiger partial charge < -0.3 is 19.8 Å². The maximum absolute atomic E-state index is 12.8. The second kappa shape index (κ2) is 10.4. The number of hydrogen-bond acceptors (Lipinski definition) is 5. The third-order valence-electron chi connectivity index (χ3n) is 5.32. The van der Waals surface area contributed by atoms with Crippen molar-refractivity contribution in [2.75, 3.05) is 32.8 Å². The largest absolute Gasteiger partial charge is 0.465 e. The zero-order chi connectivity index (χ0) is 21.5. The van der Waals surface area contributed by atoms with Crippen LogP contribution in [0.3, 0.4) is 0 Å². The van der Waals surface area contributed by atoms with E-state index in [9.17, 15) is 9.59 Å². The van der Waals surface area contributed by atoms with Crippen LogP contribution in [-0.4, -0.2) is 49.6 Å². The highest BCUT2D eigenvalue weighted by molar-refractivity contribution is 5.79. The second-order valence-electron chi connectivity index (χ2n) is 7.78. The molecule has 30 heavy (non-hydrogen) atoms. The van der Waals surface area contributed by atoms with Crippen molar-refractivity contribution in [3.63, 3.8) is 0 Å². The van der Waals surface area contributed by atoms with Crippen LogP contribution in [0.25, 0.3) is 0 Å². The van der Waals surface area contributed by atoms with Gasteiger partial charge in [-0.05, 0) is 31.5 Å². The van der Waals surface area contributed by atoms with Gasteiger partial charge >= 0.3 is 0 Å². The lowest BCUT2D eigenvalue weighted by Gasteiger charge is -2.33. The van der Waals surface area contributed by atoms with Crippen LogP contribution in [0.1, 0.15) is 48.1 Å². The summed E-state index contributed by atoms with van der Waals surface area (Å²) in [6, 6.07) is 11.4. The second-order valence-corrected chi connectivity index (χ2v) is 7.78. The van der Waals surface area contributed by atoms with Crippen LogP contribution >= 0.6 is 0 Å². The van der Waals surface area contributed by atoms with Crippen molar-refractivity contribution < 1.29 is 18.7 Å². The molecule has 2 heterocycles. The van der Waals surface area contributed by atoms with Crippen molar-refractivity contribution in [2.45, 2.75) is 39.3 Å². The number of aryl methyl sites for hydroxylation is 2. The number of carbonyl (C=O) groups is 2. The Morgan fingerprint density at radius 1 is 1.07 bits per heavy atom. The SMILES string of the molecule is CC(=O)NC(CC(=O)NCC(c1ccc(C)o1)N1CCOCC1)c1ccc(C)cc1. The van der Waals surface area contributed by atoms with Crippen molar-refractivity contribution in [1.82, 2.24) is 15.5 Å². The highest BCUT2D eigenvalue weighted by Gasteiger charge is 2.26. The summed E-state index contributed by atoms with van der Waals surface area (Å²) in [4.78, 5) is 26.7. The molecule has 0 bridgehead atoms. The molecular formula is C23H31N3O4. The molecule has 1 aliphatic heterocycles. The topological polar surface area (TPSA) is 83.8 Å². The number of carbonyl (C=O) groups excluding carboxylic acids is 2. The summed E-state index contributed by atoms with van der Waals surface area (Å²) in [6.07, 6.45) is 0.176. The van der Waals surface area contributed by atoms with Gasteiger partial charge in [-0.15, -0.1) is 0 Å². The van der Waals surface area contributed by atoms with Crippen molar-refractivity contribution in [3.8, 4) is 0 Å². The lowest BCUT2D eigenvalue weighted by Crippen LogP contribution is -2.44. The van der Waals surface area contributed by atoms with E-state index in [1.165, 1.54) is 6.92 Å². The maximum atomic E-state index is 12.8. The van der Waals surface area contributed by atoms with Gasteiger partial charge in [0.1, 0.15) is 11.5 Å². The summed E-state index contributed by atoms with van der Waals surface area (Å²) in [5.41, 5.74) is 2.05. The maximum Gasteiger partial charge on any atom is 0.222 e. The first kappa shape index (κ1) is 22.1. The van der Waals surface area contributed by atoms with Crippen molar-refractivity contribution in [1.29, 1.82) is 0 Å². The molecule has 0 spiro atoms. The molecule has 2 atom stereocenters. The molecule has 0 saturated carbocycles. The van der Waals surface area contributed by atoms with E-state index in [-0.39, 0.29) is 30.3 Å². The molecule has 1 aromatic carbocycles. The van der Waals surface area contributed by atoms with Crippen molar-refractivity contribution >= 4 is 11.8 Å². The minimum absolute atomic E-state index is 0.0508. The molecule has 0 radical (unpaired) electrons. The predicted molar refractivity (Wildman–Crippen MR) is 114 cm³/mol. The number of furan rings is 1. The fourth-order valence-electron chi connectivity index (χ4n) is 3.70. The number of nitrogens with zero attached hydrogens (tertiary/aromatic N) is 1. The van der Waals surface area contributed by atoms with Crippen LogP contribution in [0.4, 0.5) is 0 Å². The zero-order valence-electron chi connectivity index (χ0n) is 17.9. The third-order valence-corrected chi connectivity index (χ3v) is 5.32. The molecule has 7 heteroatoms. The molecule has 1 aromatic heterocycles. The van der Waals surface area contributed by atoms with E-state index in [0.29, 0.717) is 19.8 Å². The Hall–Kier alpha value is -2.64. The predicted octanol–water partition coefficient (Wildman–Crippen LogP) is 2.65. The van der Waals surface area contributed by atoms with Crippen LogP contribution in [0.15, 0.2) is 40.8 Å². The van der Waals surface area contributed by atoms with E-state index in [4.69, 9.17) is 9.15 Å². The summed E-state index contributed by atoms with van der Waals surface area (Å²) in [5.74, 6) is 1.41. The number of rotatable bonds is 8. The third kappa shape index (κ3) is 6.18. The highest BCUT2D eigenvalue weighted by atomic mass is 16.5. The van der Waals surface area contributed by atoms with Gasteiger partial charge in [-0.1, -0.05) is 29.8 Å². The van der Waals surface area contributed by atoms with Crippen LogP contribution < -0.4 is 10.6 Å². The molecule has 2 amide bonds. The smallest absolute Gasteiger partial charge is 0.222 e. The van der Waals surface area contributed by atoms with Crippen LogP contribution in [0, 0.1) is 13.8 Å². The van der Waals surface area contributed by atoms with Gasteiger partial charge in [-0.2, -0.15) is 0 Å². The van der Waals surface area contributed by atoms with Gasteiger partial charge in [0.25, 0.3) is 0 Å². The molecule has 0 aliphatic carbocycles. The Balaban J connectivity index is 1.65. The highest BCUT2D eigenvalue weighted by Crippen LogP contribution is 2.24. The van der Waals surface area contributed by atoms with Crippen molar-refractivity contribution in [2.24, 2.45) is 0 Å².